The van der Waals surface area contributed by atoms with Crippen LogP contribution >= 0.6 is 11.6 Å². The largest absolute Gasteiger partial charge is 0.416 e. The van der Waals surface area contributed by atoms with Crippen molar-refractivity contribution in [2.75, 3.05) is 0 Å². The van der Waals surface area contributed by atoms with E-state index in [1.807, 2.05) is 0 Å². The summed E-state index contributed by atoms with van der Waals surface area (Å²) >= 11 is 6.06. The van der Waals surface area contributed by atoms with Gasteiger partial charge in [0.15, 0.2) is 0 Å². The SMILES string of the molecule is C=C(C[SiH3])C(Cl)c1ccc(C(F)(F)F)cc1. The van der Waals surface area contributed by atoms with E-state index in [9.17, 15) is 13.2 Å². The first-order chi connectivity index (χ1) is 7.36. The monoisotopic (exact) mass is 264 g/mol. The van der Waals surface area contributed by atoms with E-state index >= 15 is 0 Å². The molecule has 0 amide bonds. The molecule has 0 fully saturated rings. The molecule has 0 spiro atoms. The number of benzene rings is 1. The van der Waals surface area contributed by atoms with Crippen LogP contribution in [-0.2, 0) is 6.18 Å². The van der Waals surface area contributed by atoms with Gasteiger partial charge in [0.1, 0.15) is 0 Å². The molecule has 0 saturated heterocycles. The Hall–Kier alpha value is -0.743. The van der Waals surface area contributed by atoms with E-state index in [2.05, 4.69) is 6.58 Å². The lowest BCUT2D eigenvalue weighted by atomic mass is 10.0. The van der Waals surface area contributed by atoms with Crippen molar-refractivity contribution in [3.05, 3.63) is 47.5 Å². The lowest BCUT2D eigenvalue weighted by Crippen LogP contribution is -2.05. The molecule has 0 aliphatic heterocycles. The topological polar surface area (TPSA) is 0 Å². The second-order valence-electron chi connectivity index (χ2n) is 3.49. The van der Waals surface area contributed by atoms with Crippen molar-refractivity contribution in [3.63, 3.8) is 0 Å². The minimum Gasteiger partial charge on any atom is -0.166 e. The van der Waals surface area contributed by atoms with Crippen LogP contribution < -0.4 is 0 Å². The maximum Gasteiger partial charge on any atom is 0.416 e. The molecule has 1 atom stereocenters. The summed E-state index contributed by atoms with van der Waals surface area (Å²) in [6.07, 6.45) is -4.30. The quantitative estimate of drug-likeness (QED) is 0.446. The van der Waals surface area contributed by atoms with Gasteiger partial charge in [0, 0.05) is 10.2 Å². The number of hydrogen-bond donors (Lipinski definition) is 0. The zero-order chi connectivity index (χ0) is 12.3. The highest BCUT2D eigenvalue weighted by Gasteiger charge is 2.30. The van der Waals surface area contributed by atoms with Crippen LogP contribution in [0.15, 0.2) is 36.4 Å². The average molecular weight is 265 g/mol. The van der Waals surface area contributed by atoms with Crippen LogP contribution in [0, 0.1) is 0 Å². The van der Waals surface area contributed by atoms with Gasteiger partial charge in [-0.1, -0.05) is 24.3 Å². The lowest BCUT2D eigenvalue weighted by molar-refractivity contribution is -0.137. The van der Waals surface area contributed by atoms with Crippen molar-refractivity contribution in [3.8, 4) is 0 Å². The minimum atomic E-state index is -4.30. The molecule has 5 heteroatoms. The third kappa shape index (κ3) is 3.12. The van der Waals surface area contributed by atoms with Crippen LogP contribution in [0.4, 0.5) is 13.2 Å². The first-order valence-electron chi connectivity index (χ1n) is 4.85. The van der Waals surface area contributed by atoms with Crippen molar-refractivity contribution in [2.24, 2.45) is 0 Å². The third-order valence-electron chi connectivity index (χ3n) is 2.34. The maximum atomic E-state index is 12.3. The Morgan fingerprint density at radius 1 is 1.31 bits per heavy atom. The first-order valence-corrected chi connectivity index (χ1v) is 6.70. The van der Waals surface area contributed by atoms with Gasteiger partial charge in [-0.25, -0.2) is 0 Å². The Bertz CT molecular complexity index is 370. The van der Waals surface area contributed by atoms with E-state index in [1.165, 1.54) is 12.1 Å². The molecule has 1 unspecified atom stereocenters. The highest BCUT2D eigenvalue weighted by Crippen LogP contribution is 2.33. The zero-order valence-electron chi connectivity index (χ0n) is 8.81. The fourth-order valence-electron chi connectivity index (χ4n) is 1.26. The molecule has 0 nitrogen and oxygen atoms in total. The predicted molar refractivity (Wildman–Crippen MR) is 63.9 cm³/mol. The Balaban J connectivity index is 2.91. The van der Waals surface area contributed by atoms with Crippen LogP contribution in [0.5, 0.6) is 0 Å². The van der Waals surface area contributed by atoms with Gasteiger partial charge < -0.3 is 0 Å². The summed E-state index contributed by atoms with van der Waals surface area (Å²) in [4.78, 5) is 0. The van der Waals surface area contributed by atoms with Crippen LogP contribution in [-0.4, -0.2) is 10.2 Å². The smallest absolute Gasteiger partial charge is 0.166 e. The molecule has 0 heterocycles. The molecule has 0 radical (unpaired) electrons. The van der Waals surface area contributed by atoms with Gasteiger partial charge in [0.2, 0.25) is 0 Å². The van der Waals surface area contributed by atoms with Crippen LogP contribution in [0.1, 0.15) is 16.5 Å². The van der Waals surface area contributed by atoms with Crippen molar-refractivity contribution < 1.29 is 13.2 Å². The molecule has 1 aromatic rings. The Morgan fingerprint density at radius 2 is 1.81 bits per heavy atom. The van der Waals surface area contributed by atoms with E-state index < -0.39 is 11.7 Å². The summed E-state index contributed by atoms with van der Waals surface area (Å²) in [5.41, 5.74) is 0.861. The Labute approximate surface area is 101 Å². The van der Waals surface area contributed by atoms with Crippen molar-refractivity contribution >= 4 is 21.8 Å². The molecule has 88 valence electrons. The van der Waals surface area contributed by atoms with Gasteiger partial charge in [-0.2, -0.15) is 13.2 Å². The third-order valence-corrected chi connectivity index (χ3v) is 3.81. The van der Waals surface area contributed by atoms with Gasteiger partial charge in [0.05, 0.1) is 10.9 Å². The van der Waals surface area contributed by atoms with E-state index in [-0.39, 0.29) is 5.38 Å². The fraction of sp³-hybridized carbons (Fsp3) is 0.273. The van der Waals surface area contributed by atoms with E-state index in [0.717, 1.165) is 34.0 Å². The maximum absolute atomic E-state index is 12.3. The molecule has 0 aliphatic carbocycles. The van der Waals surface area contributed by atoms with Gasteiger partial charge in [-0.05, 0) is 23.7 Å². The molecule has 16 heavy (non-hydrogen) atoms. The average Bonchev–Trinajstić information content (AvgIpc) is 2.26. The van der Waals surface area contributed by atoms with Crippen LogP contribution in [0.2, 0.25) is 6.04 Å². The normalized spacial score (nSPS) is 13.8. The first kappa shape index (κ1) is 13.3. The molecule has 0 bridgehead atoms. The van der Waals surface area contributed by atoms with Gasteiger partial charge in [0.25, 0.3) is 0 Å². The van der Waals surface area contributed by atoms with Crippen LogP contribution in [0.3, 0.4) is 0 Å². The summed E-state index contributed by atoms with van der Waals surface area (Å²) in [6, 6.07) is 5.75. The molecule has 0 aliphatic rings. The molecule has 0 saturated carbocycles. The molecular formula is C11H12ClF3Si. The summed E-state index contributed by atoms with van der Waals surface area (Å²) in [6.45, 7) is 3.80. The second-order valence-corrected chi connectivity index (χ2v) is 4.64. The summed E-state index contributed by atoms with van der Waals surface area (Å²) in [5, 5.41) is -0.389. The lowest BCUT2D eigenvalue weighted by Gasteiger charge is -2.13. The van der Waals surface area contributed by atoms with Gasteiger partial charge in [-0.15, -0.1) is 11.6 Å². The summed E-state index contributed by atoms with van der Waals surface area (Å²) in [7, 11) is 0.949. The van der Waals surface area contributed by atoms with Crippen molar-refractivity contribution in [2.45, 2.75) is 17.6 Å². The zero-order valence-corrected chi connectivity index (χ0v) is 11.6. The number of rotatable bonds is 3. The van der Waals surface area contributed by atoms with Gasteiger partial charge in [-0.3, -0.25) is 0 Å². The molecule has 0 N–H and O–H groups in total. The predicted octanol–water partition coefficient (Wildman–Crippen LogP) is 3.33. The molecule has 1 rings (SSSR count). The number of hydrogen-bond acceptors (Lipinski definition) is 0. The Morgan fingerprint density at radius 3 is 2.19 bits per heavy atom. The number of halogens is 4. The molecule has 0 aromatic heterocycles. The van der Waals surface area contributed by atoms with Gasteiger partial charge >= 0.3 is 6.18 Å². The van der Waals surface area contributed by atoms with E-state index in [1.54, 1.807) is 0 Å². The van der Waals surface area contributed by atoms with Crippen molar-refractivity contribution in [1.29, 1.82) is 0 Å². The van der Waals surface area contributed by atoms with Crippen LogP contribution in [0.25, 0.3) is 0 Å². The second kappa shape index (κ2) is 5.06. The minimum absolute atomic E-state index is 0.389. The summed E-state index contributed by atoms with van der Waals surface area (Å²) < 4.78 is 36.9. The molecular weight excluding hydrogens is 253 g/mol. The number of allylic oxidation sites excluding steroid dienone is 1. The Kier molecular flexibility index (Phi) is 4.21. The molecule has 1 aromatic carbocycles. The van der Waals surface area contributed by atoms with E-state index in [4.69, 9.17) is 11.6 Å². The highest BCUT2D eigenvalue weighted by atomic mass is 35.5. The highest BCUT2D eigenvalue weighted by molar-refractivity contribution is 6.23. The standard InChI is InChI=1S/C11H12ClF3Si/c1-7(6-16)10(12)8-2-4-9(5-3-8)11(13,14)15/h2-5,10H,1,6H2,16H3. The fourth-order valence-corrected chi connectivity index (χ4v) is 2.22. The summed E-state index contributed by atoms with van der Waals surface area (Å²) in [5.74, 6) is 0. The van der Waals surface area contributed by atoms with Crippen molar-refractivity contribution in [1.82, 2.24) is 0 Å². The van der Waals surface area contributed by atoms with E-state index in [0.29, 0.717) is 5.56 Å². The number of alkyl halides is 4.